The molecule has 5 rings (SSSR count). The highest BCUT2D eigenvalue weighted by Gasteiger charge is 2.27. The fourth-order valence-corrected chi connectivity index (χ4v) is 4.49. The van der Waals surface area contributed by atoms with Crippen molar-refractivity contribution >= 4 is 11.0 Å². The van der Waals surface area contributed by atoms with Gasteiger partial charge in [-0.25, -0.2) is 0 Å². The average Bonchev–Trinajstić information content (AvgIpc) is 2.87. The number of nitrogens with zero attached hydrogens (tertiary/aromatic N) is 4. The van der Waals surface area contributed by atoms with Gasteiger partial charge in [0.25, 0.3) is 5.56 Å². The fraction of sp³-hybridized carbons (Fsp3) is 0.458. The Labute approximate surface area is 197 Å². The molecule has 2 aliphatic heterocycles. The number of likely N-dealkylation sites (tertiary alicyclic amines) is 1. The number of hydrogen-bond donors (Lipinski definition) is 2. The molecule has 0 aromatic carbocycles. The highest BCUT2D eigenvalue weighted by molar-refractivity contribution is 5.75. The standard InChI is InChI=1S/C24H29N5O5/c1-32-17-11-20-18(27-13-17)2-3-24(31)29(20)7-6-28-5-4-19(21(30)15-28)26-12-16-10-22-23(14-25-16)34-9-8-33-22/h2-3,10-11,13-14,19,21,26,30H,4-9,12,15H2,1H3/t19-,21+/m0/s1. The first-order valence-corrected chi connectivity index (χ1v) is 11.5. The first-order chi connectivity index (χ1) is 16.6. The Morgan fingerprint density at radius 1 is 1.15 bits per heavy atom. The molecule has 0 spiro atoms. The molecule has 5 heterocycles. The summed E-state index contributed by atoms with van der Waals surface area (Å²) in [5.74, 6) is 1.99. The van der Waals surface area contributed by atoms with E-state index in [1.165, 1.54) is 0 Å². The summed E-state index contributed by atoms with van der Waals surface area (Å²) in [6.07, 6.45) is 3.61. The molecule has 180 valence electrons. The van der Waals surface area contributed by atoms with Crippen molar-refractivity contribution in [3.05, 3.63) is 52.7 Å². The van der Waals surface area contributed by atoms with Crippen molar-refractivity contribution in [2.24, 2.45) is 0 Å². The van der Waals surface area contributed by atoms with Crippen molar-refractivity contribution in [3.63, 3.8) is 0 Å². The summed E-state index contributed by atoms with van der Waals surface area (Å²) in [6, 6.07) is 6.96. The van der Waals surface area contributed by atoms with Crippen LogP contribution in [0.2, 0.25) is 0 Å². The second-order valence-corrected chi connectivity index (χ2v) is 8.57. The van der Waals surface area contributed by atoms with Gasteiger partial charge in [-0.2, -0.15) is 0 Å². The number of nitrogens with one attached hydrogen (secondary N) is 1. The minimum atomic E-state index is -0.517. The van der Waals surface area contributed by atoms with Crippen LogP contribution in [0.25, 0.3) is 11.0 Å². The highest BCUT2D eigenvalue weighted by atomic mass is 16.6. The Kier molecular flexibility index (Phi) is 6.61. The normalized spacial score (nSPS) is 20.4. The number of aromatic nitrogens is 3. The van der Waals surface area contributed by atoms with Crippen LogP contribution in [0.1, 0.15) is 12.1 Å². The zero-order chi connectivity index (χ0) is 23.5. The molecule has 3 aromatic heterocycles. The van der Waals surface area contributed by atoms with E-state index >= 15 is 0 Å². The molecule has 0 unspecified atom stereocenters. The quantitative estimate of drug-likeness (QED) is 0.521. The summed E-state index contributed by atoms with van der Waals surface area (Å²) in [6.45, 7) is 4.14. The van der Waals surface area contributed by atoms with E-state index < -0.39 is 6.10 Å². The lowest BCUT2D eigenvalue weighted by molar-refractivity contribution is 0.0384. The largest absolute Gasteiger partial charge is 0.495 e. The Morgan fingerprint density at radius 3 is 2.82 bits per heavy atom. The van der Waals surface area contributed by atoms with Crippen molar-refractivity contribution in [2.45, 2.75) is 31.7 Å². The first-order valence-electron chi connectivity index (χ1n) is 11.5. The van der Waals surface area contributed by atoms with Crippen LogP contribution in [0.15, 0.2) is 41.5 Å². The Morgan fingerprint density at radius 2 is 2.00 bits per heavy atom. The number of methoxy groups -OCH3 is 1. The maximum Gasteiger partial charge on any atom is 0.251 e. The van der Waals surface area contributed by atoms with Gasteiger partial charge in [-0.3, -0.25) is 19.7 Å². The number of β-amino-alcohol motifs (C(OH)–C–C–N with tert-alkyl or cyclic N) is 1. The lowest BCUT2D eigenvalue weighted by Gasteiger charge is -2.36. The SMILES string of the molecule is COc1cnc2ccc(=O)n(CCN3CC[C@H](NCc4cc5c(cn4)OCCO5)[C@H](O)C3)c2c1. The molecule has 2 aliphatic rings. The molecule has 10 heteroatoms. The number of hydrogen-bond acceptors (Lipinski definition) is 9. The van der Waals surface area contributed by atoms with Gasteiger partial charge < -0.3 is 29.2 Å². The van der Waals surface area contributed by atoms with Gasteiger partial charge in [0.1, 0.15) is 19.0 Å². The second kappa shape index (κ2) is 9.96. The third-order valence-corrected chi connectivity index (χ3v) is 6.39. The number of rotatable bonds is 7. The molecule has 1 saturated heterocycles. The first kappa shape index (κ1) is 22.6. The van der Waals surface area contributed by atoms with E-state index in [1.54, 1.807) is 36.2 Å². The summed E-state index contributed by atoms with van der Waals surface area (Å²) in [7, 11) is 1.58. The third-order valence-electron chi connectivity index (χ3n) is 6.39. The van der Waals surface area contributed by atoms with Crippen molar-refractivity contribution in [1.82, 2.24) is 24.8 Å². The molecule has 0 amide bonds. The smallest absolute Gasteiger partial charge is 0.251 e. The van der Waals surface area contributed by atoms with E-state index in [0.717, 1.165) is 29.7 Å². The predicted octanol–water partition coefficient (Wildman–Crippen LogP) is 0.796. The zero-order valence-corrected chi connectivity index (χ0v) is 19.1. The molecule has 0 saturated carbocycles. The van der Waals surface area contributed by atoms with Crippen LogP contribution in [-0.4, -0.2) is 76.6 Å². The van der Waals surface area contributed by atoms with Crippen molar-refractivity contribution in [2.75, 3.05) is 40.0 Å². The number of pyridine rings is 3. The number of aliphatic hydroxyl groups excluding tert-OH is 1. The number of aliphatic hydroxyl groups is 1. The topological polar surface area (TPSA) is 111 Å². The van der Waals surface area contributed by atoms with Gasteiger partial charge in [-0.05, 0) is 19.0 Å². The minimum absolute atomic E-state index is 0.0278. The monoisotopic (exact) mass is 467 g/mol. The lowest BCUT2D eigenvalue weighted by atomic mass is 10.0. The van der Waals surface area contributed by atoms with Gasteiger partial charge in [-0.15, -0.1) is 0 Å². The van der Waals surface area contributed by atoms with Crippen LogP contribution < -0.4 is 25.1 Å². The Balaban J connectivity index is 1.17. The molecule has 10 nitrogen and oxygen atoms in total. The van der Waals surface area contributed by atoms with E-state index in [0.29, 0.717) is 56.6 Å². The molecule has 3 aromatic rings. The Bertz CT molecular complexity index is 1220. The summed E-state index contributed by atoms with van der Waals surface area (Å²) >= 11 is 0. The lowest BCUT2D eigenvalue weighted by Crippen LogP contribution is -2.53. The molecule has 2 atom stereocenters. The van der Waals surface area contributed by atoms with Crippen LogP contribution in [0, 0.1) is 0 Å². The summed E-state index contributed by atoms with van der Waals surface area (Å²) in [5, 5.41) is 14.2. The van der Waals surface area contributed by atoms with Crippen LogP contribution in [-0.2, 0) is 13.1 Å². The number of fused-ring (bicyclic) bond motifs is 2. The molecule has 34 heavy (non-hydrogen) atoms. The van der Waals surface area contributed by atoms with Gasteiger partial charge in [0.15, 0.2) is 11.5 Å². The molecule has 0 bridgehead atoms. The van der Waals surface area contributed by atoms with Crippen molar-refractivity contribution in [1.29, 1.82) is 0 Å². The van der Waals surface area contributed by atoms with Crippen molar-refractivity contribution < 1.29 is 19.3 Å². The van der Waals surface area contributed by atoms with Crippen LogP contribution in [0.5, 0.6) is 17.2 Å². The summed E-state index contributed by atoms with van der Waals surface area (Å²) in [4.78, 5) is 23.5. The summed E-state index contributed by atoms with van der Waals surface area (Å²) < 4.78 is 18.1. The van der Waals surface area contributed by atoms with Crippen molar-refractivity contribution in [3.8, 4) is 17.2 Å². The molecular formula is C24H29N5O5. The molecule has 2 N–H and O–H groups in total. The van der Waals surface area contributed by atoms with E-state index in [-0.39, 0.29) is 11.6 Å². The van der Waals surface area contributed by atoms with Gasteiger partial charge in [0.2, 0.25) is 0 Å². The minimum Gasteiger partial charge on any atom is -0.495 e. The van der Waals surface area contributed by atoms with E-state index in [4.69, 9.17) is 14.2 Å². The van der Waals surface area contributed by atoms with Crippen LogP contribution in [0.4, 0.5) is 0 Å². The molecular weight excluding hydrogens is 438 g/mol. The van der Waals surface area contributed by atoms with Gasteiger partial charge >= 0.3 is 0 Å². The van der Waals surface area contributed by atoms with E-state index in [9.17, 15) is 9.90 Å². The maximum atomic E-state index is 12.5. The average molecular weight is 468 g/mol. The maximum absolute atomic E-state index is 12.5. The third kappa shape index (κ3) is 4.84. The van der Waals surface area contributed by atoms with E-state index in [1.807, 2.05) is 12.1 Å². The number of piperidine rings is 1. The predicted molar refractivity (Wildman–Crippen MR) is 125 cm³/mol. The number of ether oxygens (including phenoxy) is 3. The molecule has 1 fully saturated rings. The zero-order valence-electron chi connectivity index (χ0n) is 19.1. The fourth-order valence-electron chi connectivity index (χ4n) is 4.49. The van der Waals surface area contributed by atoms with Gasteiger partial charge in [-0.1, -0.05) is 0 Å². The van der Waals surface area contributed by atoms with Crippen LogP contribution in [0.3, 0.4) is 0 Å². The van der Waals surface area contributed by atoms with E-state index in [2.05, 4.69) is 20.2 Å². The molecule has 0 radical (unpaired) electrons. The van der Waals surface area contributed by atoms with Crippen LogP contribution >= 0.6 is 0 Å². The second-order valence-electron chi connectivity index (χ2n) is 8.57. The van der Waals surface area contributed by atoms with Gasteiger partial charge in [0.05, 0.1) is 42.3 Å². The Hall–Kier alpha value is -3.21. The highest BCUT2D eigenvalue weighted by Crippen LogP contribution is 2.29. The van der Waals surface area contributed by atoms with Gasteiger partial charge in [0, 0.05) is 50.4 Å². The summed E-state index contributed by atoms with van der Waals surface area (Å²) in [5.41, 5.74) is 2.26. The molecule has 0 aliphatic carbocycles.